The fraction of sp³-hybridized carbons (Fsp3) is 0.429. The summed E-state index contributed by atoms with van der Waals surface area (Å²) in [5, 5.41) is 15.4. The van der Waals surface area contributed by atoms with Gasteiger partial charge in [0.05, 0.1) is 11.8 Å². The standard InChI is InChI=1S/C21H26N2O3S2/c1-14(24)16-9-10-18(28-16)21(11-5-6-12-21)13-22-19(25)20(26)23-15-7-3-4-8-17(15)27-2/h3-4,7-10,14,24H,5-6,11-13H2,1-2H3,(H,22,25)(H,23,26). The molecule has 1 saturated carbocycles. The third-order valence-electron chi connectivity index (χ3n) is 5.27. The monoisotopic (exact) mass is 418 g/mol. The van der Waals surface area contributed by atoms with Crippen LogP contribution in [-0.2, 0) is 15.0 Å². The van der Waals surface area contributed by atoms with E-state index in [1.807, 2.05) is 30.5 Å². The Morgan fingerprint density at radius 1 is 1.18 bits per heavy atom. The van der Waals surface area contributed by atoms with E-state index < -0.39 is 17.9 Å². The quantitative estimate of drug-likeness (QED) is 0.488. The van der Waals surface area contributed by atoms with Gasteiger partial charge in [-0.2, -0.15) is 0 Å². The van der Waals surface area contributed by atoms with Crippen molar-refractivity contribution in [2.24, 2.45) is 0 Å². The van der Waals surface area contributed by atoms with Crippen LogP contribution in [0.5, 0.6) is 0 Å². The fourth-order valence-electron chi connectivity index (χ4n) is 3.68. The second-order valence-electron chi connectivity index (χ2n) is 7.20. The number of aliphatic hydroxyl groups excluding tert-OH is 1. The molecular weight excluding hydrogens is 392 g/mol. The first-order valence-electron chi connectivity index (χ1n) is 9.46. The molecule has 1 atom stereocenters. The molecule has 5 nitrogen and oxygen atoms in total. The molecule has 0 spiro atoms. The lowest BCUT2D eigenvalue weighted by Crippen LogP contribution is -2.43. The number of amides is 2. The Morgan fingerprint density at radius 2 is 1.89 bits per heavy atom. The summed E-state index contributed by atoms with van der Waals surface area (Å²) < 4.78 is 0. The summed E-state index contributed by atoms with van der Waals surface area (Å²) in [4.78, 5) is 27.8. The Kier molecular flexibility index (Phi) is 6.80. The highest BCUT2D eigenvalue weighted by Gasteiger charge is 2.37. The molecule has 2 amide bonds. The molecule has 1 heterocycles. The lowest BCUT2D eigenvalue weighted by molar-refractivity contribution is -0.136. The molecule has 2 aromatic rings. The number of thiophene rings is 1. The summed E-state index contributed by atoms with van der Waals surface area (Å²) >= 11 is 3.12. The lowest BCUT2D eigenvalue weighted by atomic mass is 9.84. The number of nitrogens with one attached hydrogen (secondary N) is 2. The average molecular weight is 419 g/mol. The number of rotatable bonds is 6. The van der Waals surface area contributed by atoms with Gasteiger partial charge in [-0.1, -0.05) is 25.0 Å². The van der Waals surface area contributed by atoms with Gasteiger partial charge in [0, 0.05) is 26.6 Å². The molecule has 1 aliphatic carbocycles. The molecule has 1 aromatic heterocycles. The van der Waals surface area contributed by atoms with Crippen molar-refractivity contribution in [3.63, 3.8) is 0 Å². The molecule has 0 bridgehead atoms. The Bertz CT molecular complexity index is 842. The van der Waals surface area contributed by atoms with Crippen molar-refractivity contribution in [2.75, 3.05) is 18.1 Å². The lowest BCUT2D eigenvalue weighted by Gasteiger charge is -2.28. The van der Waals surface area contributed by atoms with Gasteiger partial charge >= 0.3 is 11.8 Å². The smallest absolute Gasteiger partial charge is 0.313 e. The van der Waals surface area contributed by atoms with Crippen molar-refractivity contribution >= 4 is 40.6 Å². The number of anilines is 1. The number of benzene rings is 1. The Hall–Kier alpha value is -1.83. The minimum atomic E-state index is -0.648. The molecule has 0 saturated heterocycles. The zero-order valence-corrected chi connectivity index (χ0v) is 17.8. The van der Waals surface area contributed by atoms with Crippen molar-refractivity contribution in [2.45, 2.75) is 49.0 Å². The molecule has 0 aliphatic heterocycles. The molecule has 3 rings (SSSR count). The van der Waals surface area contributed by atoms with Crippen LogP contribution in [-0.4, -0.2) is 29.7 Å². The maximum absolute atomic E-state index is 12.4. The number of thioether (sulfide) groups is 1. The van der Waals surface area contributed by atoms with Crippen LogP contribution >= 0.6 is 23.1 Å². The van der Waals surface area contributed by atoms with Crippen LogP contribution in [0, 0.1) is 0 Å². The van der Waals surface area contributed by atoms with Gasteiger partial charge in [-0.05, 0) is 50.3 Å². The molecule has 1 aliphatic rings. The molecule has 1 aromatic carbocycles. The molecule has 1 fully saturated rings. The third kappa shape index (κ3) is 4.59. The molecule has 0 radical (unpaired) electrons. The van der Waals surface area contributed by atoms with Gasteiger partial charge in [-0.15, -0.1) is 23.1 Å². The Morgan fingerprint density at radius 3 is 2.54 bits per heavy atom. The zero-order valence-electron chi connectivity index (χ0n) is 16.2. The third-order valence-corrected chi connectivity index (χ3v) is 7.57. The van der Waals surface area contributed by atoms with E-state index in [9.17, 15) is 14.7 Å². The highest BCUT2D eigenvalue weighted by molar-refractivity contribution is 7.98. The predicted molar refractivity (Wildman–Crippen MR) is 115 cm³/mol. The van der Waals surface area contributed by atoms with Crippen molar-refractivity contribution in [3.05, 3.63) is 46.2 Å². The van der Waals surface area contributed by atoms with Gasteiger partial charge in [0.25, 0.3) is 0 Å². The van der Waals surface area contributed by atoms with E-state index in [1.54, 1.807) is 24.3 Å². The molecule has 3 N–H and O–H groups in total. The minimum absolute atomic E-state index is 0.148. The summed E-state index contributed by atoms with van der Waals surface area (Å²) in [6, 6.07) is 11.4. The Labute approximate surface area is 173 Å². The topological polar surface area (TPSA) is 78.4 Å². The Balaban J connectivity index is 1.66. The SMILES string of the molecule is CSc1ccccc1NC(=O)C(=O)NCC1(c2ccc(C(C)O)s2)CCCC1. The summed E-state index contributed by atoms with van der Waals surface area (Å²) in [5.74, 6) is -1.26. The molecule has 150 valence electrons. The number of hydrogen-bond acceptors (Lipinski definition) is 5. The average Bonchev–Trinajstić information content (AvgIpc) is 3.37. The van der Waals surface area contributed by atoms with Crippen molar-refractivity contribution < 1.29 is 14.7 Å². The van der Waals surface area contributed by atoms with E-state index >= 15 is 0 Å². The van der Waals surface area contributed by atoms with Crippen molar-refractivity contribution in [1.82, 2.24) is 5.32 Å². The fourth-order valence-corrected chi connectivity index (χ4v) is 5.42. The number of aliphatic hydroxyl groups is 1. The largest absolute Gasteiger partial charge is 0.388 e. The summed E-state index contributed by atoms with van der Waals surface area (Å²) in [7, 11) is 0. The van der Waals surface area contributed by atoms with Crippen LogP contribution in [0.3, 0.4) is 0 Å². The van der Waals surface area contributed by atoms with E-state index in [1.165, 1.54) is 16.6 Å². The summed E-state index contributed by atoms with van der Waals surface area (Å²) in [5.41, 5.74) is 0.496. The summed E-state index contributed by atoms with van der Waals surface area (Å²) in [6.07, 6.45) is 5.59. The van der Waals surface area contributed by atoms with Gasteiger partial charge < -0.3 is 15.7 Å². The van der Waals surface area contributed by atoms with Crippen LogP contribution in [0.2, 0.25) is 0 Å². The maximum atomic E-state index is 12.4. The van der Waals surface area contributed by atoms with E-state index in [0.717, 1.165) is 35.5 Å². The van der Waals surface area contributed by atoms with Gasteiger partial charge in [-0.3, -0.25) is 9.59 Å². The maximum Gasteiger partial charge on any atom is 0.313 e. The van der Waals surface area contributed by atoms with E-state index in [4.69, 9.17) is 0 Å². The van der Waals surface area contributed by atoms with Crippen LogP contribution in [0.1, 0.15) is 48.5 Å². The normalized spacial score (nSPS) is 16.5. The highest BCUT2D eigenvalue weighted by Crippen LogP contribution is 2.44. The van der Waals surface area contributed by atoms with Gasteiger partial charge in [-0.25, -0.2) is 0 Å². The second kappa shape index (κ2) is 9.11. The van der Waals surface area contributed by atoms with Gasteiger partial charge in [0.1, 0.15) is 0 Å². The molecular formula is C21H26N2O3S2. The predicted octanol–water partition coefficient (Wildman–Crippen LogP) is 4.09. The molecule has 1 unspecified atom stereocenters. The van der Waals surface area contributed by atoms with Gasteiger partial charge in [0.2, 0.25) is 0 Å². The van der Waals surface area contributed by atoms with Crippen molar-refractivity contribution in [1.29, 1.82) is 0 Å². The number of carbonyl (C=O) groups excluding carboxylic acids is 2. The summed E-state index contributed by atoms with van der Waals surface area (Å²) in [6.45, 7) is 2.19. The first-order valence-corrected chi connectivity index (χ1v) is 11.5. The molecule has 28 heavy (non-hydrogen) atoms. The van der Waals surface area contributed by atoms with E-state index in [2.05, 4.69) is 16.7 Å². The minimum Gasteiger partial charge on any atom is -0.388 e. The zero-order chi connectivity index (χ0) is 20.1. The van der Waals surface area contributed by atoms with Crippen LogP contribution in [0.25, 0.3) is 0 Å². The van der Waals surface area contributed by atoms with E-state index in [0.29, 0.717) is 12.2 Å². The first-order chi connectivity index (χ1) is 13.4. The number of para-hydroxylation sites is 1. The number of carbonyl (C=O) groups is 2. The first kappa shape index (κ1) is 20.9. The highest BCUT2D eigenvalue weighted by atomic mass is 32.2. The van der Waals surface area contributed by atoms with Crippen molar-refractivity contribution in [3.8, 4) is 0 Å². The van der Waals surface area contributed by atoms with Crippen LogP contribution in [0.15, 0.2) is 41.3 Å². The van der Waals surface area contributed by atoms with Crippen LogP contribution < -0.4 is 10.6 Å². The van der Waals surface area contributed by atoms with Gasteiger partial charge in [0.15, 0.2) is 0 Å². The molecule has 7 heteroatoms. The second-order valence-corrected chi connectivity index (χ2v) is 9.17. The van der Waals surface area contributed by atoms with Crippen LogP contribution in [0.4, 0.5) is 5.69 Å². The number of hydrogen-bond donors (Lipinski definition) is 3. The van der Waals surface area contributed by atoms with E-state index in [-0.39, 0.29) is 5.41 Å².